The van der Waals surface area contributed by atoms with Gasteiger partial charge in [0.05, 0.1) is 48.9 Å². The SMILES string of the molecule is CC1=C(N2CCOCC2)C(=O)C2C=CC(S(=O)(=O)N3CCOCC3)=CC2C1=O. The summed E-state index contributed by atoms with van der Waals surface area (Å²) < 4.78 is 37.8. The molecule has 4 rings (SSSR count). The molecule has 2 atom stereocenters. The second-order valence-corrected chi connectivity index (χ2v) is 9.24. The first kappa shape index (κ1) is 19.5. The molecule has 0 spiro atoms. The third-order valence-corrected chi connectivity index (χ3v) is 7.61. The fourth-order valence-electron chi connectivity index (χ4n) is 4.14. The molecular formula is C19H24N2O6S. The first-order chi connectivity index (χ1) is 13.4. The second kappa shape index (κ2) is 7.55. The zero-order chi connectivity index (χ0) is 19.9. The zero-order valence-electron chi connectivity index (χ0n) is 15.8. The third kappa shape index (κ3) is 3.26. The lowest BCUT2D eigenvalue weighted by molar-refractivity contribution is -0.129. The van der Waals surface area contributed by atoms with Gasteiger partial charge in [-0.15, -0.1) is 0 Å². The van der Waals surface area contributed by atoms with E-state index in [0.717, 1.165) is 0 Å². The van der Waals surface area contributed by atoms with Gasteiger partial charge in [0.15, 0.2) is 11.6 Å². The van der Waals surface area contributed by atoms with Crippen molar-refractivity contribution in [2.75, 3.05) is 52.6 Å². The van der Waals surface area contributed by atoms with Crippen molar-refractivity contribution < 1.29 is 27.5 Å². The molecule has 0 bridgehead atoms. The van der Waals surface area contributed by atoms with Gasteiger partial charge in [-0.1, -0.05) is 12.2 Å². The summed E-state index contributed by atoms with van der Waals surface area (Å²) in [6.07, 6.45) is 4.50. The van der Waals surface area contributed by atoms with Gasteiger partial charge in [0, 0.05) is 31.8 Å². The van der Waals surface area contributed by atoms with Crippen LogP contribution in [-0.4, -0.2) is 81.8 Å². The van der Waals surface area contributed by atoms with E-state index in [0.29, 0.717) is 50.8 Å². The molecule has 2 aliphatic heterocycles. The quantitative estimate of drug-likeness (QED) is 0.653. The summed E-state index contributed by atoms with van der Waals surface area (Å²) >= 11 is 0. The highest BCUT2D eigenvalue weighted by Gasteiger charge is 2.44. The summed E-state index contributed by atoms with van der Waals surface area (Å²) in [6, 6.07) is 0. The number of sulfonamides is 1. The van der Waals surface area contributed by atoms with E-state index in [1.54, 1.807) is 13.0 Å². The molecule has 0 N–H and O–H groups in total. The number of fused-ring (bicyclic) bond motifs is 1. The molecule has 0 amide bonds. The predicted molar refractivity (Wildman–Crippen MR) is 101 cm³/mol. The number of Topliss-reactive ketones (excluding diaryl/α,β-unsaturated/α-hetero) is 2. The van der Waals surface area contributed by atoms with Crippen LogP contribution in [0.5, 0.6) is 0 Å². The molecule has 2 heterocycles. The molecular weight excluding hydrogens is 384 g/mol. The lowest BCUT2D eigenvalue weighted by atomic mass is 9.74. The van der Waals surface area contributed by atoms with Crippen LogP contribution < -0.4 is 0 Å². The van der Waals surface area contributed by atoms with Crippen molar-refractivity contribution in [2.24, 2.45) is 11.8 Å². The Morgan fingerprint density at radius 3 is 2.18 bits per heavy atom. The van der Waals surface area contributed by atoms with Crippen LogP contribution in [0.3, 0.4) is 0 Å². The molecule has 2 aliphatic carbocycles. The highest BCUT2D eigenvalue weighted by Crippen LogP contribution is 2.37. The Morgan fingerprint density at radius 1 is 0.929 bits per heavy atom. The number of ketones is 2. The maximum absolute atomic E-state index is 13.1. The lowest BCUT2D eigenvalue weighted by Gasteiger charge is -2.37. The van der Waals surface area contributed by atoms with Crippen molar-refractivity contribution in [1.29, 1.82) is 0 Å². The molecule has 2 saturated heterocycles. The van der Waals surface area contributed by atoms with Crippen LogP contribution in [0.2, 0.25) is 0 Å². The van der Waals surface area contributed by atoms with Crippen LogP contribution in [0.15, 0.2) is 34.4 Å². The van der Waals surface area contributed by atoms with E-state index in [1.165, 1.54) is 16.5 Å². The molecule has 0 aromatic rings. The van der Waals surface area contributed by atoms with E-state index in [-0.39, 0.29) is 29.6 Å². The number of allylic oxidation sites excluding steroid dienone is 5. The van der Waals surface area contributed by atoms with Crippen molar-refractivity contribution in [3.05, 3.63) is 34.4 Å². The Bertz CT molecular complexity index is 876. The number of rotatable bonds is 3. The van der Waals surface area contributed by atoms with Gasteiger partial charge in [0.1, 0.15) is 0 Å². The Morgan fingerprint density at radius 2 is 1.54 bits per heavy atom. The number of carbonyl (C=O) groups excluding carboxylic acids is 2. The molecule has 0 saturated carbocycles. The fraction of sp³-hybridized carbons (Fsp3) is 0.579. The highest BCUT2D eigenvalue weighted by atomic mass is 32.2. The highest BCUT2D eigenvalue weighted by molar-refractivity contribution is 7.93. The minimum absolute atomic E-state index is 0.0828. The van der Waals surface area contributed by atoms with Crippen LogP contribution in [0, 0.1) is 11.8 Å². The topological polar surface area (TPSA) is 93.2 Å². The number of ether oxygens (including phenoxy) is 2. The molecule has 2 fully saturated rings. The largest absolute Gasteiger partial charge is 0.379 e. The van der Waals surface area contributed by atoms with Gasteiger partial charge in [-0.2, -0.15) is 4.31 Å². The zero-order valence-corrected chi connectivity index (χ0v) is 16.6. The standard InChI is InChI=1S/C19H24N2O6S/c1-13-17(20-4-8-26-9-5-20)19(23)15-3-2-14(12-16(15)18(13)22)28(24,25)21-6-10-27-11-7-21/h2-3,12,15-16H,4-11H2,1H3. The summed E-state index contributed by atoms with van der Waals surface area (Å²) in [5.74, 6) is -1.74. The van der Waals surface area contributed by atoms with Crippen molar-refractivity contribution in [3.8, 4) is 0 Å². The van der Waals surface area contributed by atoms with Gasteiger partial charge < -0.3 is 14.4 Å². The van der Waals surface area contributed by atoms with Crippen LogP contribution in [0.1, 0.15) is 6.92 Å². The van der Waals surface area contributed by atoms with Crippen LogP contribution in [0.4, 0.5) is 0 Å². The molecule has 4 aliphatic rings. The molecule has 28 heavy (non-hydrogen) atoms. The van der Waals surface area contributed by atoms with E-state index in [4.69, 9.17) is 9.47 Å². The summed E-state index contributed by atoms with van der Waals surface area (Å²) in [5, 5.41) is 0. The van der Waals surface area contributed by atoms with Gasteiger partial charge >= 0.3 is 0 Å². The summed E-state index contributed by atoms with van der Waals surface area (Å²) in [7, 11) is -3.71. The fourth-order valence-corrected chi connectivity index (χ4v) is 5.64. The monoisotopic (exact) mass is 408 g/mol. The van der Waals surface area contributed by atoms with E-state index in [1.807, 2.05) is 4.90 Å². The Balaban J connectivity index is 1.65. The molecule has 9 heteroatoms. The number of morpholine rings is 2. The van der Waals surface area contributed by atoms with Crippen molar-refractivity contribution in [3.63, 3.8) is 0 Å². The van der Waals surface area contributed by atoms with Gasteiger partial charge in [-0.05, 0) is 13.0 Å². The number of carbonyl (C=O) groups is 2. The minimum atomic E-state index is -3.71. The second-order valence-electron chi connectivity index (χ2n) is 7.30. The van der Waals surface area contributed by atoms with Crippen molar-refractivity contribution in [1.82, 2.24) is 9.21 Å². The first-order valence-electron chi connectivity index (χ1n) is 9.51. The summed E-state index contributed by atoms with van der Waals surface area (Å²) in [4.78, 5) is 28.1. The van der Waals surface area contributed by atoms with Crippen LogP contribution >= 0.6 is 0 Å². The van der Waals surface area contributed by atoms with Crippen molar-refractivity contribution >= 4 is 21.6 Å². The average molecular weight is 408 g/mol. The van der Waals surface area contributed by atoms with E-state index in [9.17, 15) is 18.0 Å². The number of hydrogen-bond donors (Lipinski definition) is 0. The van der Waals surface area contributed by atoms with Crippen LogP contribution in [-0.2, 0) is 29.1 Å². The maximum Gasteiger partial charge on any atom is 0.242 e. The third-order valence-electron chi connectivity index (χ3n) is 5.70. The number of hydrogen-bond acceptors (Lipinski definition) is 7. The number of nitrogens with zero attached hydrogens (tertiary/aromatic N) is 2. The molecule has 8 nitrogen and oxygen atoms in total. The molecule has 0 radical (unpaired) electrons. The molecule has 0 aromatic heterocycles. The predicted octanol–water partition coefficient (Wildman–Crippen LogP) is 0.0925. The average Bonchev–Trinajstić information content (AvgIpc) is 2.73. The summed E-state index contributed by atoms with van der Waals surface area (Å²) in [5.41, 5.74) is 0.856. The Kier molecular flexibility index (Phi) is 5.26. The van der Waals surface area contributed by atoms with Crippen molar-refractivity contribution in [2.45, 2.75) is 6.92 Å². The summed E-state index contributed by atoms with van der Waals surface area (Å²) in [6.45, 7) is 5.11. The van der Waals surface area contributed by atoms with Gasteiger partial charge in [-0.25, -0.2) is 8.42 Å². The first-order valence-corrected chi connectivity index (χ1v) is 10.9. The normalized spacial score (nSPS) is 29.8. The smallest absolute Gasteiger partial charge is 0.242 e. The van der Waals surface area contributed by atoms with Gasteiger partial charge in [0.2, 0.25) is 10.0 Å². The molecule has 0 aromatic carbocycles. The van der Waals surface area contributed by atoms with Gasteiger partial charge in [0.25, 0.3) is 0 Å². The van der Waals surface area contributed by atoms with E-state index in [2.05, 4.69) is 0 Å². The van der Waals surface area contributed by atoms with E-state index >= 15 is 0 Å². The Labute approximate surface area is 164 Å². The van der Waals surface area contributed by atoms with Crippen LogP contribution in [0.25, 0.3) is 0 Å². The minimum Gasteiger partial charge on any atom is -0.379 e. The molecule has 152 valence electrons. The van der Waals surface area contributed by atoms with E-state index < -0.39 is 21.9 Å². The van der Waals surface area contributed by atoms with Gasteiger partial charge in [-0.3, -0.25) is 9.59 Å². The maximum atomic E-state index is 13.1. The lowest BCUT2D eigenvalue weighted by Crippen LogP contribution is -2.46. The molecule has 2 unspecified atom stereocenters. The Hall–Kier alpha value is -1.81.